The van der Waals surface area contributed by atoms with Crippen LogP contribution in [0.4, 0.5) is 0 Å². The monoisotopic (exact) mass is 179 g/mol. The van der Waals surface area contributed by atoms with E-state index in [0.717, 1.165) is 22.2 Å². The van der Waals surface area contributed by atoms with E-state index in [1.807, 2.05) is 35.9 Å². The van der Waals surface area contributed by atoms with Gasteiger partial charge < -0.3 is 4.57 Å². The number of benzene rings is 1. The van der Waals surface area contributed by atoms with Crippen LogP contribution in [0.25, 0.3) is 10.9 Å². The van der Waals surface area contributed by atoms with Crippen LogP contribution >= 0.6 is 0 Å². The third kappa shape index (κ3) is 0.934. The van der Waals surface area contributed by atoms with E-state index in [4.69, 9.17) is 12.8 Å². The van der Waals surface area contributed by atoms with E-state index in [9.17, 15) is 0 Å². The van der Waals surface area contributed by atoms with Gasteiger partial charge in [-0.3, -0.25) is 0 Å². The van der Waals surface area contributed by atoms with E-state index >= 15 is 0 Å². The summed E-state index contributed by atoms with van der Waals surface area (Å²) >= 11 is 0. The Kier molecular flexibility index (Phi) is 1.80. The molecule has 0 N–H and O–H groups in total. The summed E-state index contributed by atoms with van der Waals surface area (Å²) in [7, 11) is 1.93. The number of hydrogen-bond acceptors (Lipinski definition) is 0. The Balaban J connectivity index is 3.03. The van der Waals surface area contributed by atoms with Crippen molar-refractivity contribution in [3.63, 3.8) is 0 Å². The van der Waals surface area contributed by atoms with E-state index < -0.39 is 0 Å². The zero-order chi connectivity index (χ0) is 10.1. The molecule has 0 atom stereocenters. The van der Waals surface area contributed by atoms with Crippen molar-refractivity contribution in [1.29, 1.82) is 0 Å². The second kappa shape index (κ2) is 2.98. The third-order valence-electron chi connectivity index (χ3n) is 2.39. The highest BCUT2D eigenvalue weighted by Gasteiger charge is 2.10. The molecule has 0 aliphatic heterocycles. The SMILES string of the molecule is C#Cc1c(C#C)n(C)c2ccccc12. The number of rotatable bonds is 0. The van der Waals surface area contributed by atoms with Gasteiger partial charge in [0, 0.05) is 12.4 Å². The highest BCUT2D eigenvalue weighted by Crippen LogP contribution is 2.23. The molecular weight excluding hydrogens is 170 g/mol. The number of para-hydroxylation sites is 1. The van der Waals surface area contributed by atoms with Crippen LogP contribution in [-0.2, 0) is 7.05 Å². The molecule has 0 aliphatic rings. The maximum atomic E-state index is 5.45. The van der Waals surface area contributed by atoms with Gasteiger partial charge in [0.05, 0.1) is 11.1 Å². The molecular formula is C13H9N. The largest absolute Gasteiger partial charge is 0.336 e. The molecule has 1 heteroatoms. The van der Waals surface area contributed by atoms with E-state index in [2.05, 4.69) is 11.8 Å². The molecule has 66 valence electrons. The summed E-state index contributed by atoms with van der Waals surface area (Å²) in [4.78, 5) is 0. The van der Waals surface area contributed by atoms with Crippen LogP contribution in [-0.4, -0.2) is 4.57 Å². The average Bonchev–Trinajstić information content (AvgIpc) is 2.51. The minimum absolute atomic E-state index is 0.772. The van der Waals surface area contributed by atoms with Crippen LogP contribution < -0.4 is 0 Å². The van der Waals surface area contributed by atoms with Gasteiger partial charge in [-0.1, -0.05) is 30.0 Å². The van der Waals surface area contributed by atoms with Crippen LogP contribution in [0.1, 0.15) is 11.3 Å². The minimum atomic E-state index is 0.772. The van der Waals surface area contributed by atoms with Crippen LogP contribution in [0.5, 0.6) is 0 Å². The summed E-state index contributed by atoms with van der Waals surface area (Å²) in [6.45, 7) is 0. The summed E-state index contributed by atoms with van der Waals surface area (Å²) in [5.41, 5.74) is 2.66. The number of nitrogens with zero attached hydrogens (tertiary/aromatic N) is 1. The van der Waals surface area contributed by atoms with Crippen molar-refractivity contribution >= 4 is 10.9 Å². The summed E-state index contributed by atoms with van der Waals surface area (Å²) in [6, 6.07) is 7.94. The molecule has 0 radical (unpaired) electrons. The van der Waals surface area contributed by atoms with Crippen molar-refractivity contribution in [2.24, 2.45) is 7.05 Å². The zero-order valence-electron chi connectivity index (χ0n) is 7.91. The molecule has 1 aromatic heterocycles. The molecule has 1 aromatic carbocycles. The van der Waals surface area contributed by atoms with Crippen molar-refractivity contribution in [2.75, 3.05) is 0 Å². The Morgan fingerprint density at radius 1 is 1.14 bits per heavy atom. The number of terminal acetylenes is 2. The number of hydrogen-bond donors (Lipinski definition) is 0. The highest BCUT2D eigenvalue weighted by molar-refractivity contribution is 5.89. The molecule has 0 saturated heterocycles. The molecule has 0 fully saturated rings. The van der Waals surface area contributed by atoms with E-state index in [0.29, 0.717) is 0 Å². The molecule has 0 amide bonds. The van der Waals surface area contributed by atoms with E-state index in [-0.39, 0.29) is 0 Å². The molecule has 0 unspecified atom stereocenters. The molecule has 0 aliphatic carbocycles. The van der Waals surface area contributed by atoms with Crippen LogP contribution in [0.2, 0.25) is 0 Å². The predicted molar refractivity (Wildman–Crippen MR) is 58.8 cm³/mol. The molecule has 0 saturated carbocycles. The number of fused-ring (bicyclic) bond motifs is 1. The van der Waals surface area contributed by atoms with Crippen molar-refractivity contribution in [2.45, 2.75) is 0 Å². The summed E-state index contributed by atoms with van der Waals surface area (Å²) < 4.78 is 1.95. The average molecular weight is 179 g/mol. The predicted octanol–water partition coefficient (Wildman–Crippen LogP) is 2.14. The van der Waals surface area contributed by atoms with E-state index in [1.54, 1.807) is 0 Å². The van der Waals surface area contributed by atoms with Crippen LogP contribution in [0.3, 0.4) is 0 Å². The molecule has 1 heterocycles. The van der Waals surface area contributed by atoms with Gasteiger partial charge >= 0.3 is 0 Å². The first kappa shape index (κ1) is 8.48. The van der Waals surface area contributed by atoms with Crippen LogP contribution in [0, 0.1) is 24.7 Å². The molecule has 14 heavy (non-hydrogen) atoms. The summed E-state index contributed by atoms with van der Waals surface area (Å²) in [5.74, 6) is 5.27. The normalized spacial score (nSPS) is 9.64. The maximum absolute atomic E-state index is 5.45. The van der Waals surface area contributed by atoms with Crippen molar-refractivity contribution in [3.05, 3.63) is 35.5 Å². The van der Waals surface area contributed by atoms with Gasteiger partial charge in [0.25, 0.3) is 0 Å². The Labute approximate surface area is 83.4 Å². The van der Waals surface area contributed by atoms with Gasteiger partial charge in [-0.05, 0) is 6.07 Å². The van der Waals surface area contributed by atoms with Crippen LogP contribution in [0.15, 0.2) is 24.3 Å². The molecule has 0 spiro atoms. The lowest BCUT2D eigenvalue weighted by molar-refractivity contribution is 0.949. The first-order valence-corrected chi connectivity index (χ1v) is 4.30. The molecule has 2 rings (SSSR count). The Hall–Kier alpha value is -2.12. The lowest BCUT2D eigenvalue weighted by atomic mass is 10.1. The molecule has 1 nitrogen and oxygen atoms in total. The minimum Gasteiger partial charge on any atom is -0.336 e. The smallest absolute Gasteiger partial charge is 0.108 e. The fourth-order valence-corrected chi connectivity index (χ4v) is 1.71. The maximum Gasteiger partial charge on any atom is 0.108 e. The van der Waals surface area contributed by atoms with Gasteiger partial charge in [0.15, 0.2) is 0 Å². The first-order chi connectivity index (χ1) is 6.79. The van der Waals surface area contributed by atoms with Crippen molar-refractivity contribution in [1.82, 2.24) is 4.57 Å². The Morgan fingerprint density at radius 3 is 2.50 bits per heavy atom. The molecule has 0 bridgehead atoms. The summed E-state index contributed by atoms with van der Waals surface area (Å²) in [6.07, 6.45) is 10.9. The fourth-order valence-electron chi connectivity index (χ4n) is 1.71. The van der Waals surface area contributed by atoms with Gasteiger partial charge in [-0.15, -0.1) is 12.8 Å². The lowest BCUT2D eigenvalue weighted by Gasteiger charge is -1.95. The fraction of sp³-hybridized carbons (Fsp3) is 0.0769. The second-order valence-corrected chi connectivity index (χ2v) is 3.09. The van der Waals surface area contributed by atoms with Gasteiger partial charge in [0.1, 0.15) is 5.69 Å². The Bertz CT molecular complexity index is 574. The second-order valence-electron chi connectivity index (χ2n) is 3.09. The third-order valence-corrected chi connectivity index (χ3v) is 2.39. The topological polar surface area (TPSA) is 4.93 Å². The first-order valence-electron chi connectivity index (χ1n) is 4.30. The lowest BCUT2D eigenvalue weighted by Crippen LogP contribution is -1.91. The number of aryl methyl sites for hydroxylation is 1. The summed E-state index contributed by atoms with van der Waals surface area (Å²) in [5, 5.41) is 1.05. The van der Waals surface area contributed by atoms with E-state index in [1.165, 1.54) is 0 Å². The van der Waals surface area contributed by atoms with Gasteiger partial charge in [-0.2, -0.15) is 0 Å². The quantitative estimate of drug-likeness (QED) is 0.546. The standard InChI is InChI=1S/C13H9N/c1-4-10-11-8-6-7-9-13(11)14(3)12(10)5-2/h1-2,6-9H,3H3. The van der Waals surface area contributed by atoms with Gasteiger partial charge in [-0.25, -0.2) is 0 Å². The number of aromatic nitrogens is 1. The van der Waals surface area contributed by atoms with Crippen molar-refractivity contribution in [3.8, 4) is 24.7 Å². The van der Waals surface area contributed by atoms with Crippen molar-refractivity contribution < 1.29 is 0 Å². The Morgan fingerprint density at radius 2 is 1.86 bits per heavy atom. The zero-order valence-corrected chi connectivity index (χ0v) is 7.91. The highest BCUT2D eigenvalue weighted by atomic mass is 14.9. The molecule has 2 aromatic rings. The van der Waals surface area contributed by atoms with Gasteiger partial charge in [0.2, 0.25) is 0 Å².